The first-order valence-electron chi connectivity index (χ1n) is 7.43. The van der Waals surface area contributed by atoms with Gasteiger partial charge in [-0.15, -0.1) is 0 Å². The number of carbonyl (C=O) groups is 2. The molecule has 2 heterocycles. The average Bonchev–Trinajstić information content (AvgIpc) is 2.86. The van der Waals surface area contributed by atoms with Crippen LogP contribution in [0.2, 0.25) is 0 Å². The van der Waals surface area contributed by atoms with Gasteiger partial charge in [-0.05, 0) is 43.2 Å². The van der Waals surface area contributed by atoms with Crippen LogP contribution in [0.1, 0.15) is 29.8 Å². The predicted molar refractivity (Wildman–Crippen MR) is 89.0 cm³/mol. The number of benzene rings is 1. The molecule has 0 fully saturated rings. The van der Waals surface area contributed by atoms with Crippen LogP contribution < -0.4 is 16.4 Å². The molecule has 0 spiro atoms. The molecular formula is C17H18N4O2. The molecule has 2 aromatic rings. The van der Waals surface area contributed by atoms with Gasteiger partial charge in [-0.25, -0.2) is 4.98 Å². The summed E-state index contributed by atoms with van der Waals surface area (Å²) in [5, 5.41) is 5.61. The molecule has 0 saturated carbocycles. The van der Waals surface area contributed by atoms with Crippen molar-refractivity contribution in [1.82, 2.24) is 10.3 Å². The van der Waals surface area contributed by atoms with Gasteiger partial charge in [0.2, 0.25) is 5.91 Å². The summed E-state index contributed by atoms with van der Waals surface area (Å²) in [4.78, 5) is 27.8. The van der Waals surface area contributed by atoms with Crippen LogP contribution in [-0.4, -0.2) is 22.8 Å². The Bertz CT molecular complexity index is 799. The van der Waals surface area contributed by atoms with Gasteiger partial charge in [-0.1, -0.05) is 6.07 Å². The summed E-state index contributed by atoms with van der Waals surface area (Å²) in [6.45, 7) is 3.77. The first-order chi connectivity index (χ1) is 10.9. The number of nitrogens with two attached hydrogens (primary N) is 1. The number of fused-ring (bicyclic) bond motifs is 1. The minimum absolute atomic E-state index is 0.00965. The lowest BCUT2D eigenvalue weighted by Crippen LogP contribution is -2.30. The van der Waals surface area contributed by atoms with Crippen LogP contribution >= 0.6 is 0 Å². The van der Waals surface area contributed by atoms with Gasteiger partial charge in [0.1, 0.15) is 5.82 Å². The van der Waals surface area contributed by atoms with Crippen LogP contribution in [0.3, 0.4) is 0 Å². The zero-order chi connectivity index (χ0) is 16.6. The first-order valence-corrected chi connectivity index (χ1v) is 7.43. The van der Waals surface area contributed by atoms with E-state index in [0.29, 0.717) is 12.0 Å². The molecule has 0 atom stereocenters. The molecule has 0 radical (unpaired) electrons. The van der Waals surface area contributed by atoms with Crippen LogP contribution in [0.25, 0.3) is 11.1 Å². The molecule has 0 bridgehead atoms. The highest BCUT2D eigenvalue weighted by Crippen LogP contribution is 2.29. The molecule has 6 nitrogen and oxygen atoms in total. The minimum Gasteiger partial charge on any atom is -0.383 e. The lowest BCUT2D eigenvalue weighted by molar-refractivity contribution is -0.115. The Balaban J connectivity index is 1.97. The van der Waals surface area contributed by atoms with Crippen molar-refractivity contribution in [3.8, 4) is 11.1 Å². The van der Waals surface area contributed by atoms with Crippen molar-refractivity contribution in [2.75, 3.05) is 11.1 Å². The zero-order valence-electron chi connectivity index (χ0n) is 13.0. The summed E-state index contributed by atoms with van der Waals surface area (Å²) in [5.41, 5.74) is 9.64. The van der Waals surface area contributed by atoms with Gasteiger partial charge in [0.25, 0.3) is 5.91 Å². The molecule has 0 aliphatic carbocycles. The normalized spacial score (nSPS) is 12.9. The minimum atomic E-state index is -0.246. The van der Waals surface area contributed by atoms with E-state index in [-0.39, 0.29) is 23.7 Å². The highest BCUT2D eigenvalue weighted by atomic mass is 16.2. The number of nitrogens with zero attached hydrogens (tertiary/aromatic N) is 1. The highest BCUT2D eigenvalue weighted by molar-refractivity contribution is 6.01. The van der Waals surface area contributed by atoms with E-state index in [1.165, 1.54) is 0 Å². The molecule has 0 saturated heterocycles. The number of nitrogen functional groups attached to an aromatic ring is 1. The molecule has 1 aliphatic rings. The largest absolute Gasteiger partial charge is 0.383 e. The molecular weight excluding hydrogens is 292 g/mol. The van der Waals surface area contributed by atoms with Crippen molar-refractivity contribution in [1.29, 1.82) is 0 Å². The smallest absolute Gasteiger partial charge is 0.255 e. The Kier molecular flexibility index (Phi) is 3.73. The van der Waals surface area contributed by atoms with Crippen molar-refractivity contribution < 1.29 is 9.59 Å². The van der Waals surface area contributed by atoms with Crippen LogP contribution in [0.15, 0.2) is 30.5 Å². The van der Waals surface area contributed by atoms with Crippen LogP contribution in [0, 0.1) is 0 Å². The lowest BCUT2D eigenvalue weighted by atomic mass is 10.0. The van der Waals surface area contributed by atoms with Crippen LogP contribution in [0.4, 0.5) is 11.5 Å². The number of anilines is 2. The van der Waals surface area contributed by atoms with Gasteiger partial charge in [0.15, 0.2) is 0 Å². The van der Waals surface area contributed by atoms with Gasteiger partial charge < -0.3 is 16.4 Å². The van der Waals surface area contributed by atoms with E-state index < -0.39 is 0 Å². The molecule has 4 N–H and O–H groups in total. The number of hydrogen-bond acceptors (Lipinski definition) is 4. The van der Waals surface area contributed by atoms with Crippen molar-refractivity contribution in [3.63, 3.8) is 0 Å². The van der Waals surface area contributed by atoms with Crippen molar-refractivity contribution >= 4 is 23.3 Å². The van der Waals surface area contributed by atoms with E-state index in [9.17, 15) is 9.59 Å². The van der Waals surface area contributed by atoms with Crippen molar-refractivity contribution in [2.45, 2.75) is 26.3 Å². The van der Waals surface area contributed by atoms with Gasteiger partial charge >= 0.3 is 0 Å². The number of rotatable bonds is 3. The molecule has 0 unspecified atom stereocenters. The van der Waals surface area contributed by atoms with E-state index in [0.717, 1.165) is 22.4 Å². The molecule has 23 heavy (non-hydrogen) atoms. The predicted octanol–water partition coefficient (Wildman–Crippen LogP) is 1.96. The maximum absolute atomic E-state index is 12.2. The number of nitrogens with one attached hydrogen (secondary N) is 2. The van der Waals surface area contributed by atoms with Crippen molar-refractivity contribution in [2.24, 2.45) is 0 Å². The summed E-state index contributed by atoms with van der Waals surface area (Å²) < 4.78 is 0. The second kappa shape index (κ2) is 5.72. The SMILES string of the molecule is CC(C)NC(=O)c1cc(-c2ccc3c(c2)CC(=O)N3)cnc1N. The monoisotopic (exact) mass is 310 g/mol. The molecule has 1 aliphatic heterocycles. The van der Waals surface area contributed by atoms with E-state index in [1.54, 1.807) is 12.3 Å². The quantitative estimate of drug-likeness (QED) is 0.807. The molecule has 1 aromatic carbocycles. The van der Waals surface area contributed by atoms with E-state index in [4.69, 9.17) is 5.73 Å². The summed E-state index contributed by atoms with van der Waals surface area (Å²) >= 11 is 0. The fourth-order valence-electron chi connectivity index (χ4n) is 2.56. The fourth-order valence-corrected chi connectivity index (χ4v) is 2.56. The standard InChI is InChI=1S/C17H18N4O2/c1-9(2)20-17(23)13-6-12(8-19-16(13)18)10-3-4-14-11(5-10)7-15(22)21-14/h3-6,8-9H,7H2,1-2H3,(H2,18,19)(H,20,23)(H,21,22). The highest BCUT2D eigenvalue weighted by Gasteiger charge is 2.19. The molecule has 3 rings (SSSR count). The summed E-state index contributed by atoms with van der Waals surface area (Å²) in [6.07, 6.45) is 2.00. The maximum Gasteiger partial charge on any atom is 0.255 e. The van der Waals surface area contributed by atoms with E-state index in [1.807, 2.05) is 32.0 Å². The lowest BCUT2D eigenvalue weighted by Gasteiger charge is -2.11. The van der Waals surface area contributed by atoms with Gasteiger partial charge in [0, 0.05) is 23.5 Å². The van der Waals surface area contributed by atoms with E-state index >= 15 is 0 Å². The third-order valence-electron chi connectivity index (χ3n) is 3.65. The molecule has 6 heteroatoms. The Morgan fingerprint density at radius 3 is 2.83 bits per heavy atom. The van der Waals surface area contributed by atoms with Gasteiger partial charge in [-0.2, -0.15) is 0 Å². The zero-order valence-corrected chi connectivity index (χ0v) is 13.0. The fraction of sp³-hybridized carbons (Fsp3) is 0.235. The number of amides is 2. The molecule has 118 valence electrons. The second-order valence-corrected chi connectivity index (χ2v) is 5.88. The van der Waals surface area contributed by atoms with Crippen molar-refractivity contribution in [3.05, 3.63) is 41.6 Å². The number of aromatic nitrogens is 1. The Morgan fingerprint density at radius 1 is 1.30 bits per heavy atom. The van der Waals surface area contributed by atoms with Gasteiger partial charge in [-0.3, -0.25) is 9.59 Å². The number of carbonyl (C=O) groups excluding carboxylic acids is 2. The number of pyridine rings is 1. The molecule has 1 aromatic heterocycles. The Hall–Kier alpha value is -2.89. The van der Waals surface area contributed by atoms with Crippen LogP contribution in [-0.2, 0) is 11.2 Å². The third-order valence-corrected chi connectivity index (χ3v) is 3.65. The first kappa shape index (κ1) is 15.0. The topological polar surface area (TPSA) is 97.1 Å². The summed E-state index contributed by atoms with van der Waals surface area (Å²) in [5.74, 6) is -0.0562. The number of hydrogen-bond donors (Lipinski definition) is 3. The average molecular weight is 310 g/mol. The van der Waals surface area contributed by atoms with Crippen LogP contribution in [0.5, 0.6) is 0 Å². The Morgan fingerprint density at radius 2 is 2.09 bits per heavy atom. The second-order valence-electron chi connectivity index (χ2n) is 5.88. The summed E-state index contributed by atoms with van der Waals surface area (Å²) in [6, 6.07) is 7.43. The third kappa shape index (κ3) is 3.01. The molecule has 2 amide bonds. The summed E-state index contributed by atoms with van der Waals surface area (Å²) in [7, 11) is 0. The van der Waals surface area contributed by atoms with E-state index in [2.05, 4.69) is 15.6 Å². The Labute approximate surface area is 134 Å². The van der Waals surface area contributed by atoms with Gasteiger partial charge in [0.05, 0.1) is 12.0 Å². The maximum atomic E-state index is 12.2.